The largest absolute Gasteiger partial charge is 0.368 e. The minimum Gasteiger partial charge on any atom is -0.368 e. The highest BCUT2D eigenvalue weighted by Crippen LogP contribution is 2.34. The summed E-state index contributed by atoms with van der Waals surface area (Å²) in [6.07, 6.45) is 6.23. The summed E-state index contributed by atoms with van der Waals surface area (Å²) < 4.78 is 15.6. The van der Waals surface area contributed by atoms with Gasteiger partial charge in [-0.2, -0.15) is 0 Å². The monoisotopic (exact) mass is 356 g/mol. The van der Waals surface area contributed by atoms with E-state index in [2.05, 4.69) is 31.4 Å². The molecule has 1 aliphatic rings. The third-order valence-electron chi connectivity index (χ3n) is 4.75. The van der Waals surface area contributed by atoms with Gasteiger partial charge in [0, 0.05) is 36.4 Å². The van der Waals surface area contributed by atoms with Crippen LogP contribution in [0.15, 0.2) is 53.7 Å². The molecule has 0 spiro atoms. The van der Waals surface area contributed by atoms with E-state index in [1.165, 1.54) is 18.0 Å². The van der Waals surface area contributed by atoms with Crippen LogP contribution in [0.25, 0.3) is 11.0 Å². The van der Waals surface area contributed by atoms with Gasteiger partial charge in [-0.05, 0) is 62.2 Å². The molecule has 1 aliphatic heterocycles. The first kappa shape index (κ1) is 16.4. The number of hydrogen-bond acceptors (Lipinski definition) is 4. The van der Waals surface area contributed by atoms with Crippen LogP contribution in [0.1, 0.15) is 12.8 Å². The van der Waals surface area contributed by atoms with Gasteiger partial charge >= 0.3 is 0 Å². The number of nitrogens with one attached hydrogen (secondary N) is 1. The lowest BCUT2D eigenvalue weighted by Gasteiger charge is -2.32. The van der Waals surface area contributed by atoms with Crippen molar-refractivity contribution in [3.05, 3.63) is 54.6 Å². The zero-order valence-corrected chi connectivity index (χ0v) is 15.0. The summed E-state index contributed by atoms with van der Waals surface area (Å²) in [6.45, 7) is 2.04. The van der Waals surface area contributed by atoms with Crippen molar-refractivity contribution in [3.63, 3.8) is 0 Å². The minimum absolute atomic E-state index is 0.214. The molecule has 0 unspecified atom stereocenters. The first-order chi connectivity index (χ1) is 12.2. The molecule has 1 saturated heterocycles. The van der Waals surface area contributed by atoms with Crippen LogP contribution in [0.2, 0.25) is 0 Å². The molecule has 0 atom stereocenters. The fourth-order valence-corrected chi connectivity index (χ4v) is 4.30. The van der Waals surface area contributed by atoms with E-state index < -0.39 is 0 Å². The Balaban J connectivity index is 1.67. The second-order valence-electron chi connectivity index (χ2n) is 6.31. The second kappa shape index (κ2) is 7.06. The van der Waals surface area contributed by atoms with Gasteiger partial charge in [0.2, 0.25) is 0 Å². The lowest BCUT2D eigenvalue weighted by Crippen LogP contribution is -2.41. The quantitative estimate of drug-likeness (QED) is 0.768. The molecule has 0 radical (unpaired) electrons. The van der Waals surface area contributed by atoms with Crippen molar-refractivity contribution in [3.8, 4) is 0 Å². The molecule has 3 aromatic rings. The van der Waals surface area contributed by atoms with Gasteiger partial charge in [0.15, 0.2) is 0 Å². The molecule has 4 rings (SSSR count). The van der Waals surface area contributed by atoms with Gasteiger partial charge in [0.1, 0.15) is 11.3 Å². The van der Waals surface area contributed by atoms with Crippen molar-refractivity contribution >= 4 is 28.7 Å². The van der Waals surface area contributed by atoms with Crippen LogP contribution in [0.5, 0.6) is 0 Å². The summed E-state index contributed by atoms with van der Waals surface area (Å²) in [4.78, 5) is 7.89. The number of pyridine rings is 1. The molecule has 0 saturated carbocycles. The van der Waals surface area contributed by atoms with Gasteiger partial charge in [0.05, 0.1) is 11.2 Å². The highest BCUT2D eigenvalue weighted by molar-refractivity contribution is 7.98. The van der Waals surface area contributed by atoms with Crippen molar-refractivity contribution in [1.29, 1.82) is 0 Å². The van der Waals surface area contributed by atoms with E-state index in [-0.39, 0.29) is 5.82 Å². The molecule has 0 aliphatic carbocycles. The summed E-state index contributed by atoms with van der Waals surface area (Å²) in [5, 5.41) is 3.37. The van der Waals surface area contributed by atoms with Crippen LogP contribution in [0, 0.1) is 5.82 Å². The summed E-state index contributed by atoms with van der Waals surface area (Å²) in [5.74, 6) is -0.214. The van der Waals surface area contributed by atoms with Gasteiger partial charge in [-0.1, -0.05) is 6.07 Å². The fourth-order valence-electron chi connectivity index (χ4n) is 3.37. The van der Waals surface area contributed by atoms with Crippen LogP contribution in [0.3, 0.4) is 0 Å². The van der Waals surface area contributed by atoms with Crippen LogP contribution in [-0.4, -0.2) is 35.1 Å². The van der Waals surface area contributed by atoms with Crippen molar-refractivity contribution < 1.29 is 4.39 Å². The first-order valence-electron chi connectivity index (χ1n) is 8.57. The zero-order valence-electron chi connectivity index (χ0n) is 14.2. The molecule has 2 aromatic heterocycles. The van der Waals surface area contributed by atoms with Crippen LogP contribution < -0.4 is 10.2 Å². The highest BCUT2D eigenvalue weighted by atomic mass is 32.2. The number of benzene rings is 1. The summed E-state index contributed by atoms with van der Waals surface area (Å²) in [5.41, 5.74) is 3.23. The third-order valence-corrected chi connectivity index (χ3v) is 5.71. The van der Waals surface area contributed by atoms with Crippen molar-refractivity contribution in [2.75, 3.05) is 25.0 Å². The second-order valence-corrected chi connectivity index (χ2v) is 7.36. The summed E-state index contributed by atoms with van der Waals surface area (Å²) >= 11 is 1.52. The minimum atomic E-state index is -0.214. The van der Waals surface area contributed by atoms with Crippen molar-refractivity contribution in [2.45, 2.75) is 23.8 Å². The maximum atomic E-state index is 13.5. The van der Waals surface area contributed by atoms with E-state index in [0.717, 1.165) is 47.5 Å². The molecule has 6 heteroatoms. The Morgan fingerprint density at radius 1 is 1.20 bits per heavy atom. The van der Waals surface area contributed by atoms with E-state index in [1.54, 1.807) is 12.1 Å². The van der Waals surface area contributed by atoms with E-state index in [4.69, 9.17) is 0 Å². The molecule has 4 nitrogen and oxygen atoms in total. The Hall–Kier alpha value is -2.05. The van der Waals surface area contributed by atoms with Crippen LogP contribution >= 0.6 is 11.9 Å². The molecular formula is C19H21FN4S. The number of anilines is 1. The number of rotatable bonds is 4. The number of aromatic nitrogens is 2. The molecule has 1 fully saturated rings. The van der Waals surface area contributed by atoms with Crippen molar-refractivity contribution in [1.82, 2.24) is 14.3 Å². The van der Waals surface area contributed by atoms with Crippen LogP contribution in [0.4, 0.5) is 10.1 Å². The fraction of sp³-hybridized carbons (Fsp3) is 0.316. The lowest BCUT2D eigenvalue weighted by atomic mass is 10.1. The zero-order chi connectivity index (χ0) is 17.2. The summed E-state index contributed by atoms with van der Waals surface area (Å²) in [6, 6.07) is 11.3. The smallest absolute Gasteiger partial charge is 0.124 e. The molecule has 0 amide bonds. The molecule has 1 aromatic carbocycles. The Morgan fingerprint density at radius 3 is 2.80 bits per heavy atom. The maximum absolute atomic E-state index is 13.5. The van der Waals surface area contributed by atoms with Gasteiger partial charge in [-0.15, -0.1) is 0 Å². The van der Waals surface area contributed by atoms with E-state index >= 15 is 0 Å². The number of hydrogen-bond donors (Lipinski definition) is 1. The van der Waals surface area contributed by atoms with E-state index in [9.17, 15) is 4.39 Å². The summed E-state index contributed by atoms with van der Waals surface area (Å²) in [7, 11) is 2.03. The van der Waals surface area contributed by atoms with Crippen molar-refractivity contribution in [2.24, 2.45) is 0 Å². The molecule has 25 heavy (non-hydrogen) atoms. The Kier molecular flexibility index (Phi) is 4.63. The molecule has 1 N–H and O–H groups in total. The topological polar surface area (TPSA) is 33.1 Å². The van der Waals surface area contributed by atoms with E-state index in [0.29, 0.717) is 6.04 Å². The Labute approximate surface area is 151 Å². The maximum Gasteiger partial charge on any atom is 0.124 e. The predicted octanol–water partition coefficient (Wildman–Crippen LogP) is 3.92. The Morgan fingerprint density at radius 2 is 2.04 bits per heavy atom. The standard InChI is InChI=1S/C19H21FN4S/c1-21-15-7-10-23(11-8-15)18-13-24(17-6-3-9-22-19(17)18)25-16-5-2-4-14(20)12-16/h2-6,9,12-13,15,21H,7-8,10-11H2,1H3. The Bertz CT molecular complexity index is 871. The normalized spacial score (nSPS) is 15.8. The highest BCUT2D eigenvalue weighted by Gasteiger charge is 2.22. The van der Waals surface area contributed by atoms with Gasteiger partial charge in [-0.3, -0.25) is 8.96 Å². The first-order valence-corrected chi connectivity index (χ1v) is 9.34. The van der Waals surface area contributed by atoms with E-state index in [1.807, 2.05) is 25.4 Å². The SMILES string of the molecule is CNC1CCN(c2cn(Sc3cccc(F)c3)c3cccnc23)CC1. The third kappa shape index (κ3) is 3.37. The van der Waals surface area contributed by atoms with Gasteiger partial charge < -0.3 is 10.2 Å². The number of fused-ring (bicyclic) bond motifs is 1. The molecule has 3 heterocycles. The number of nitrogens with zero attached hydrogens (tertiary/aromatic N) is 3. The average molecular weight is 356 g/mol. The number of halogens is 1. The number of piperidine rings is 1. The predicted molar refractivity (Wildman–Crippen MR) is 102 cm³/mol. The molecule has 130 valence electrons. The lowest BCUT2D eigenvalue weighted by molar-refractivity contribution is 0.443. The average Bonchev–Trinajstić information content (AvgIpc) is 3.01. The molecular weight excluding hydrogens is 335 g/mol. The molecule has 0 bridgehead atoms. The van der Waals surface area contributed by atoms with Crippen LogP contribution in [-0.2, 0) is 0 Å². The van der Waals surface area contributed by atoms with Gasteiger partial charge in [0.25, 0.3) is 0 Å². The van der Waals surface area contributed by atoms with Gasteiger partial charge in [-0.25, -0.2) is 4.39 Å².